The minimum absolute atomic E-state index is 0.0344. The van der Waals surface area contributed by atoms with Gasteiger partial charge in [-0.1, -0.05) is 42.5 Å². The minimum atomic E-state index is -4.81. The molecule has 5 aromatic rings. The number of ketones is 1. The van der Waals surface area contributed by atoms with Crippen molar-refractivity contribution in [1.29, 1.82) is 0 Å². The van der Waals surface area contributed by atoms with Crippen LogP contribution in [0.1, 0.15) is 33.6 Å². The van der Waals surface area contributed by atoms with Crippen molar-refractivity contribution in [3.8, 4) is 16.3 Å². The second-order valence-electron chi connectivity index (χ2n) is 10.6. The van der Waals surface area contributed by atoms with Gasteiger partial charge in [-0.3, -0.25) is 9.59 Å². The predicted molar refractivity (Wildman–Crippen MR) is 167 cm³/mol. The molecule has 1 unspecified atom stereocenters. The van der Waals surface area contributed by atoms with Crippen LogP contribution in [0.25, 0.3) is 10.6 Å². The van der Waals surface area contributed by atoms with E-state index in [4.69, 9.17) is 0 Å². The molecule has 236 valence electrons. The van der Waals surface area contributed by atoms with Gasteiger partial charge < -0.3 is 15.0 Å². The summed E-state index contributed by atoms with van der Waals surface area (Å²) in [6.45, 7) is 1.38. The Morgan fingerprint density at radius 1 is 0.957 bits per heavy atom. The predicted octanol–water partition coefficient (Wildman–Crippen LogP) is 5.88. The van der Waals surface area contributed by atoms with Crippen molar-refractivity contribution in [3.05, 3.63) is 93.4 Å². The number of hydrogen-bond donors (Lipinski definition) is 1. The molecule has 46 heavy (non-hydrogen) atoms. The van der Waals surface area contributed by atoms with Gasteiger partial charge in [-0.2, -0.15) is 0 Å². The normalized spacial score (nSPS) is 14.8. The fourth-order valence-corrected chi connectivity index (χ4v) is 6.82. The summed E-state index contributed by atoms with van der Waals surface area (Å²) in [5, 5.41) is 23.9. The first-order valence-electron chi connectivity index (χ1n) is 14.2. The summed E-state index contributed by atoms with van der Waals surface area (Å²) in [6, 6.07) is 18.5. The third kappa shape index (κ3) is 8.28. The summed E-state index contributed by atoms with van der Waals surface area (Å²) in [5.41, 5.74) is 2.13. The minimum Gasteiger partial charge on any atom is -0.406 e. The number of carbonyl (C=O) groups is 2. The van der Waals surface area contributed by atoms with E-state index in [1.165, 1.54) is 40.9 Å². The van der Waals surface area contributed by atoms with E-state index in [0.29, 0.717) is 22.9 Å². The summed E-state index contributed by atoms with van der Waals surface area (Å²) in [4.78, 5) is 31.9. The SMILES string of the molecule is O=C(Cc1csc(-c2ccccc2)n1)Cc1nnc(C2CCN(c3ccc(NC(=O)Cc4cccc(OC(F)(F)F)c4)nn3)C2)s1. The molecule has 1 aliphatic rings. The Morgan fingerprint density at radius 3 is 2.59 bits per heavy atom. The molecule has 1 amide bonds. The van der Waals surface area contributed by atoms with Crippen LogP contribution in [0.15, 0.2) is 72.1 Å². The van der Waals surface area contributed by atoms with Crippen molar-refractivity contribution < 1.29 is 27.5 Å². The van der Waals surface area contributed by atoms with Crippen molar-refractivity contribution in [2.24, 2.45) is 0 Å². The third-order valence-corrected chi connectivity index (χ3v) is 9.08. The Labute approximate surface area is 269 Å². The number of anilines is 2. The number of rotatable bonds is 11. The van der Waals surface area contributed by atoms with Crippen LogP contribution in [0.5, 0.6) is 5.75 Å². The highest BCUT2D eigenvalue weighted by Crippen LogP contribution is 2.32. The van der Waals surface area contributed by atoms with Gasteiger partial charge in [0, 0.05) is 36.4 Å². The van der Waals surface area contributed by atoms with E-state index >= 15 is 0 Å². The number of alkyl halides is 3. The van der Waals surface area contributed by atoms with Crippen LogP contribution in [-0.4, -0.2) is 56.5 Å². The molecule has 4 heterocycles. The molecular formula is C31H26F3N7O3S2. The Kier molecular flexibility index (Phi) is 9.30. The lowest BCUT2D eigenvalue weighted by atomic mass is 10.1. The molecule has 0 radical (unpaired) electrons. The molecule has 1 saturated heterocycles. The van der Waals surface area contributed by atoms with E-state index < -0.39 is 18.0 Å². The zero-order valence-corrected chi connectivity index (χ0v) is 25.7. The lowest BCUT2D eigenvalue weighted by molar-refractivity contribution is -0.274. The first-order valence-corrected chi connectivity index (χ1v) is 15.9. The maximum Gasteiger partial charge on any atom is 0.573 e. The van der Waals surface area contributed by atoms with Crippen LogP contribution >= 0.6 is 22.7 Å². The summed E-state index contributed by atoms with van der Waals surface area (Å²) in [7, 11) is 0. The average Bonchev–Trinajstić information content (AvgIpc) is 3.79. The number of amides is 1. The van der Waals surface area contributed by atoms with E-state index in [0.717, 1.165) is 40.3 Å². The first-order chi connectivity index (χ1) is 22.2. The fourth-order valence-electron chi connectivity index (χ4n) is 4.99. The van der Waals surface area contributed by atoms with Gasteiger partial charge in [-0.25, -0.2) is 4.98 Å². The van der Waals surface area contributed by atoms with E-state index in [2.05, 4.69) is 40.3 Å². The Hall–Kier alpha value is -4.76. The average molecular weight is 666 g/mol. The molecule has 2 aromatic carbocycles. The summed E-state index contributed by atoms with van der Waals surface area (Å²) < 4.78 is 41.4. The van der Waals surface area contributed by atoms with E-state index in [-0.39, 0.29) is 36.8 Å². The smallest absolute Gasteiger partial charge is 0.406 e. The van der Waals surface area contributed by atoms with E-state index in [9.17, 15) is 22.8 Å². The molecule has 6 rings (SSSR count). The quantitative estimate of drug-likeness (QED) is 0.184. The number of ether oxygens (including phenoxy) is 1. The van der Waals surface area contributed by atoms with E-state index in [1.807, 2.05) is 35.7 Å². The van der Waals surface area contributed by atoms with Gasteiger partial charge in [0.25, 0.3) is 0 Å². The summed E-state index contributed by atoms with van der Waals surface area (Å²) >= 11 is 2.97. The zero-order chi connectivity index (χ0) is 32.1. The summed E-state index contributed by atoms with van der Waals surface area (Å²) in [5.74, 6) is 0.170. The fraction of sp³-hybridized carbons (Fsp3) is 0.258. The van der Waals surface area contributed by atoms with E-state index in [1.54, 1.807) is 12.1 Å². The van der Waals surface area contributed by atoms with Crippen molar-refractivity contribution in [3.63, 3.8) is 0 Å². The number of nitrogens with zero attached hydrogens (tertiary/aromatic N) is 6. The second-order valence-corrected chi connectivity index (χ2v) is 12.5. The lowest BCUT2D eigenvalue weighted by Crippen LogP contribution is -2.21. The molecule has 1 N–H and O–H groups in total. The van der Waals surface area contributed by atoms with Gasteiger partial charge in [0.05, 0.1) is 18.5 Å². The first kappa shape index (κ1) is 31.2. The van der Waals surface area contributed by atoms with Crippen molar-refractivity contribution >= 4 is 46.0 Å². The number of halogens is 3. The number of hydrogen-bond acceptors (Lipinski definition) is 11. The van der Waals surface area contributed by atoms with Crippen LogP contribution in [-0.2, 0) is 28.9 Å². The highest BCUT2D eigenvalue weighted by Gasteiger charge is 2.31. The second kappa shape index (κ2) is 13.7. The Morgan fingerprint density at radius 2 is 1.80 bits per heavy atom. The molecule has 3 aromatic heterocycles. The monoisotopic (exact) mass is 665 g/mol. The topological polar surface area (TPSA) is 123 Å². The highest BCUT2D eigenvalue weighted by atomic mass is 32.1. The molecule has 0 bridgehead atoms. The number of aromatic nitrogens is 5. The maximum absolute atomic E-state index is 12.8. The molecule has 0 aliphatic carbocycles. The number of nitrogens with one attached hydrogen (secondary N) is 1. The molecule has 15 heteroatoms. The van der Waals surface area contributed by atoms with Crippen molar-refractivity contribution in [2.75, 3.05) is 23.3 Å². The van der Waals surface area contributed by atoms with Crippen LogP contribution < -0.4 is 15.0 Å². The van der Waals surface area contributed by atoms with Crippen molar-refractivity contribution in [2.45, 2.75) is 38.0 Å². The Bertz CT molecular complexity index is 1810. The standard InChI is InChI=1S/C31H26F3N7O3S2/c32-31(33,34)44-24-8-4-5-19(13-24)14-27(43)36-25-9-10-26(38-37-25)41-12-11-21(17-41)30-40-39-28(46-30)16-23(42)15-22-18-45-29(35-22)20-6-2-1-3-7-20/h1-10,13,18,21H,11-12,14-17H2,(H,36,37,43). The van der Waals surface area contributed by atoms with Crippen LogP contribution in [0.3, 0.4) is 0 Å². The highest BCUT2D eigenvalue weighted by molar-refractivity contribution is 7.13. The van der Waals surface area contributed by atoms with Gasteiger partial charge in [0.2, 0.25) is 5.91 Å². The molecule has 0 saturated carbocycles. The molecule has 10 nitrogen and oxygen atoms in total. The van der Waals surface area contributed by atoms with Crippen LogP contribution in [0.4, 0.5) is 24.8 Å². The number of carbonyl (C=O) groups excluding carboxylic acids is 2. The van der Waals surface area contributed by atoms with Gasteiger partial charge in [0.1, 0.15) is 26.6 Å². The number of Topliss-reactive ketones (excluding diaryl/α,β-unsaturated/α-hetero) is 1. The Balaban J connectivity index is 0.977. The largest absolute Gasteiger partial charge is 0.573 e. The van der Waals surface area contributed by atoms with Crippen LogP contribution in [0, 0.1) is 0 Å². The summed E-state index contributed by atoms with van der Waals surface area (Å²) in [6.07, 6.45) is -3.69. The lowest BCUT2D eigenvalue weighted by Gasteiger charge is -2.16. The zero-order valence-electron chi connectivity index (χ0n) is 24.1. The molecule has 1 aliphatic heterocycles. The van der Waals surface area contributed by atoms with Gasteiger partial charge in [-0.05, 0) is 36.2 Å². The maximum atomic E-state index is 12.8. The molecular weight excluding hydrogens is 640 g/mol. The molecule has 1 atom stereocenters. The number of benzene rings is 2. The molecule has 0 spiro atoms. The van der Waals surface area contributed by atoms with Gasteiger partial charge in [0.15, 0.2) is 11.6 Å². The van der Waals surface area contributed by atoms with Gasteiger partial charge >= 0.3 is 6.36 Å². The van der Waals surface area contributed by atoms with Crippen molar-refractivity contribution in [1.82, 2.24) is 25.4 Å². The third-order valence-electron chi connectivity index (χ3n) is 7.06. The van der Waals surface area contributed by atoms with Crippen LogP contribution in [0.2, 0.25) is 0 Å². The van der Waals surface area contributed by atoms with Gasteiger partial charge in [-0.15, -0.1) is 56.2 Å². The number of thiazole rings is 1. The molecule has 1 fully saturated rings.